The molecule has 2 N–H and O–H groups in total. The van der Waals surface area contributed by atoms with E-state index in [2.05, 4.69) is 0 Å². The van der Waals surface area contributed by atoms with Gasteiger partial charge in [0.1, 0.15) is 5.82 Å². The van der Waals surface area contributed by atoms with E-state index in [-0.39, 0.29) is 19.1 Å². The molecule has 0 radical (unpaired) electrons. The van der Waals surface area contributed by atoms with E-state index in [9.17, 15) is 14.0 Å². The van der Waals surface area contributed by atoms with Crippen LogP contribution in [0.5, 0.6) is 0 Å². The summed E-state index contributed by atoms with van der Waals surface area (Å²) in [5.74, 6) is -1.30. The molecule has 2 rings (SSSR count). The van der Waals surface area contributed by atoms with Gasteiger partial charge in [-0.15, -0.1) is 0 Å². The van der Waals surface area contributed by atoms with Gasteiger partial charge in [-0.2, -0.15) is 0 Å². The Balaban J connectivity index is 2.27. The molecule has 120 valence electrons. The number of benzene rings is 1. The van der Waals surface area contributed by atoms with Gasteiger partial charge in [0.15, 0.2) is 5.60 Å². The molecule has 0 bridgehead atoms. The maximum atomic E-state index is 14.0. The molecule has 1 aliphatic rings. The van der Waals surface area contributed by atoms with Crippen molar-refractivity contribution in [3.63, 3.8) is 0 Å². The standard InChI is InChI=1S/C16H21FN2O3/c1-15(2,11-6-4-5-7-12(11)17)14(21)19-8-9-22-16(3,10-19)13(18)20/h4-7H,8-10H2,1-3H3,(H2,18,20)/t16-/m0/s1. The van der Waals surface area contributed by atoms with Crippen LogP contribution in [-0.4, -0.2) is 42.0 Å². The Morgan fingerprint density at radius 3 is 2.59 bits per heavy atom. The fourth-order valence-electron chi connectivity index (χ4n) is 2.67. The quantitative estimate of drug-likeness (QED) is 0.912. The van der Waals surface area contributed by atoms with Crippen LogP contribution in [-0.2, 0) is 19.7 Å². The van der Waals surface area contributed by atoms with Crippen LogP contribution >= 0.6 is 0 Å². The predicted molar refractivity (Wildman–Crippen MR) is 79.6 cm³/mol. The van der Waals surface area contributed by atoms with E-state index in [1.807, 2.05) is 0 Å². The molecule has 5 nitrogen and oxygen atoms in total. The Labute approximate surface area is 129 Å². The highest BCUT2D eigenvalue weighted by molar-refractivity contribution is 5.89. The number of carbonyl (C=O) groups is 2. The van der Waals surface area contributed by atoms with E-state index >= 15 is 0 Å². The maximum Gasteiger partial charge on any atom is 0.251 e. The smallest absolute Gasteiger partial charge is 0.251 e. The molecular formula is C16H21FN2O3. The van der Waals surface area contributed by atoms with Crippen molar-refractivity contribution in [2.45, 2.75) is 31.8 Å². The van der Waals surface area contributed by atoms with Crippen LogP contribution in [0, 0.1) is 5.82 Å². The topological polar surface area (TPSA) is 72.6 Å². The van der Waals surface area contributed by atoms with Crippen LogP contribution in [0.25, 0.3) is 0 Å². The van der Waals surface area contributed by atoms with Gasteiger partial charge in [0.05, 0.1) is 18.6 Å². The van der Waals surface area contributed by atoms with Gasteiger partial charge >= 0.3 is 0 Å². The molecule has 1 aromatic carbocycles. The average Bonchev–Trinajstić information content (AvgIpc) is 2.46. The third kappa shape index (κ3) is 2.83. The van der Waals surface area contributed by atoms with Crippen molar-refractivity contribution in [1.29, 1.82) is 0 Å². The number of nitrogens with zero attached hydrogens (tertiary/aromatic N) is 1. The molecule has 6 heteroatoms. The van der Waals surface area contributed by atoms with Gasteiger partial charge in [0.2, 0.25) is 5.91 Å². The van der Waals surface area contributed by atoms with Crippen molar-refractivity contribution >= 4 is 11.8 Å². The molecule has 0 aliphatic carbocycles. The summed E-state index contributed by atoms with van der Waals surface area (Å²) in [6.07, 6.45) is 0. The first-order valence-corrected chi connectivity index (χ1v) is 7.17. The summed E-state index contributed by atoms with van der Waals surface area (Å²) in [6, 6.07) is 6.21. The molecule has 0 unspecified atom stereocenters. The van der Waals surface area contributed by atoms with Crippen molar-refractivity contribution in [2.24, 2.45) is 5.73 Å². The maximum absolute atomic E-state index is 14.0. The van der Waals surface area contributed by atoms with Crippen molar-refractivity contribution in [3.05, 3.63) is 35.6 Å². The molecule has 1 atom stereocenters. The minimum absolute atomic E-state index is 0.0685. The number of halogens is 1. The normalized spacial score (nSPS) is 22.5. The Morgan fingerprint density at radius 2 is 2.00 bits per heavy atom. The number of amides is 2. The van der Waals surface area contributed by atoms with Crippen molar-refractivity contribution in [2.75, 3.05) is 19.7 Å². The van der Waals surface area contributed by atoms with Crippen LogP contribution in [0.2, 0.25) is 0 Å². The number of ether oxygens (including phenoxy) is 1. The lowest BCUT2D eigenvalue weighted by Gasteiger charge is -2.41. The molecule has 22 heavy (non-hydrogen) atoms. The van der Waals surface area contributed by atoms with Crippen molar-refractivity contribution < 1.29 is 18.7 Å². The molecule has 2 amide bonds. The highest BCUT2D eigenvalue weighted by atomic mass is 19.1. The van der Waals surface area contributed by atoms with E-state index in [0.717, 1.165) is 0 Å². The third-order valence-electron chi connectivity index (χ3n) is 4.16. The molecule has 0 saturated carbocycles. The first kappa shape index (κ1) is 16.4. The summed E-state index contributed by atoms with van der Waals surface area (Å²) in [4.78, 5) is 25.9. The third-order valence-corrected chi connectivity index (χ3v) is 4.16. The van der Waals surface area contributed by atoms with E-state index in [1.165, 1.54) is 11.0 Å². The molecule has 1 aromatic rings. The second-order valence-electron chi connectivity index (χ2n) is 6.28. The highest BCUT2D eigenvalue weighted by Crippen LogP contribution is 2.30. The van der Waals surface area contributed by atoms with Crippen molar-refractivity contribution in [1.82, 2.24) is 4.90 Å². The molecule has 0 spiro atoms. The number of carbonyl (C=O) groups excluding carboxylic acids is 2. The minimum Gasteiger partial charge on any atom is -0.367 e. The zero-order chi connectivity index (χ0) is 16.5. The first-order chi connectivity index (χ1) is 10.2. The number of primary amides is 1. The van der Waals surface area contributed by atoms with E-state index in [0.29, 0.717) is 12.1 Å². The summed E-state index contributed by atoms with van der Waals surface area (Å²) in [5, 5.41) is 0. The summed E-state index contributed by atoms with van der Waals surface area (Å²) < 4.78 is 19.4. The zero-order valence-corrected chi connectivity index (χ0v) is 13.1. The molecular weight excluding hydrogens is 287 g/mol. The van der Waals surface area contributed by atoms with Crippen LogP contribution in [0.1, 0.15) is 26.3 Å². The molecule has 1 aliphatic heterocycles. The SMILES string of the molecule is CC(C)(C(=O)N1CCO[C@](C)(C(N)=O)C1)c1ccccc1F. The lowest BCUT2D eigenvalue weighted by molar-refractivity contribution is -0.162. The molecule has 0 aromatic heterocycles. The fourth-order valence-corrected chi connectivity index (χ4v) is 2.67. The average molecular weight is 308 g/mol. The minimum atomic E-state index is -1.21. The number of nitrogens with two attached hydrogens (primary N) is 1. The Hall–Kier alpha value is -1.95. The zero-order valence-electron chi connectivity index (χ0n) is 13.1. The number of rotatable bonds is 3. The molecule has 1 saturated heterocycles. The molecule has 1 heterocycles. The van der Waals surface area contributed by atoms with Gasteiger partial charge in [-0.05, 0) is 26.8 Å². The van der Waals surface area contributed by atoms with E-state index < -0.39 is 22.7 Å². The second kappa shape index (κ2) is 5.68. The number of morpholine rings is 1. The Kier molecular flexibility index (Phi) is 4.24. The van der Waals surface area contributed by atoms with Gasteiger partial charge in [-0.1, -0.05) is 18.2 Å². The predicted octanol–water partition coefficient (Wildman–Crippen LogP) is 1.21. The summed E-state index contributed by atoms with van der Waals surface area (Å²) in [6.45, 7) is 5.54. The first-order valence-electron chi connectivity index (χ1n) is 7.17. The van der Waals surface area contributed by atoms with E-state index in [4.69, 9.17) is 10.5 Å². The van der Waals surface area contributed by atoms with Crippen LogP contribution < -0.4 is 5.73 Å². The van der Waals surface area contributed by atoms with Gasteiger partial charge in [0, 0.05) is 12.1 Å². The fraction of sp³-hybridized carbons (Fsp3) is 0.500. The Morgan fingerprint density at radius 1 is 1.36 bits per heavy atom. The van der Waals surface area contributed by atoms with Gasteiger partial charge in [-0.3, -0.25) is 9.59 Å². The number of hydrogen-bond acceptors (Lipinski definition) is 3. The van der Waals surface area contributed by atoms with Crippen LogP contribution in [0.3, 0.4) is 0 Å². The highest BCUT2D eigenvalue weighted by Gasteiger charge is 2.43. The van der Waals surface area contributed by atoms with Crippen molar-refractivity contribution in [3.8, 4) is 0 Å². The van der Waals surface area contributed by atoms with Gasteiger partial charge in [-0.25, -0.2) is 4.39 Å². The second-order valence-corrected chi connectivity index (χ2v) is 6.28. The van der Waals surface area contributed by atoms with Crippen LogP contribution in [0.4, 0.5) is 4.39 Å². The molecule has 1 fully saturated rings. The summed E-state index contributed by atoms with van der Waals surface area (Å²) >= 11 is 0. The monoisotopic (exact) mass is 308 g/mol. The Bertz CT molecular complexity index is 603. The van der Waals surface area contributed by atoms with Crippen LogP contribution in [0.15, 0.2) is 24.3 Å². The summed E-state index contributed by atoms with van der Waals surface area (Å²) in [7, 11) is 0. The lowest BCUT2D eigenvalue weighted by Crippen LogP contribution is -2.60. The summed E-state index contributed by atoms with van der Waals surface area (Å²) in [5.41, 5.74) is 3.42. The van der Waals surface area contributed by atoms with Gasteiger partial charge in [0.25, 0.3) is 5.91 Å². The largest absolute Gasteiger partial charge is 0.367 e. The van der Waals surface area contributed by atoms with E-state index in [1.54, 1.807) is 39.0 Å². The lowest BCUT2D eigenvalue weighted by atomic mass is 9.82. The number of hydrogen-bond donors (Lipinski definition) is 1. The van der Waals surface area contributed by atoms with Gasteiger partial charge < -0.3 is 15.4 Å².